The lowest BCUT2D eigenvalue weighted by Crippen LogP contribution is -2.16. The van der Waals surface area contributed by atoms with Gasteiger partial charge in [0, 0.05) is 18.8 Å². The molecule has 1 aliphatic carbocycles. The largest absolute Gasteiger partial charge is 0.330 e. The SMILES string of the molecule is CCCNCc1cncn1C1CC1. The Balaban J connectivity index is 1.90. The van der Waals surface area contributed by atoms with Crippen LogP contribution in [0.15, 0.2) is 12.5 Å². The van der Waals surface area contributed by atoms with Crippen LogP contribution in [0.4, 0.5) is 0 Å². The average molecular weight is 179 g/mol. The molecule has 0 unspecified atom stereocenters. The van der Waals surface area contributed by atoms with Crippen molar-refractivity contribution in [3.05, 3.63) is 18.2 Å². The van der Waals surface area contributed by atoms with Crippen molar-refractivity contribution in [3.63, 3.8) is 0 Å². The van der Waals surface area contributed by atoms with E-state index in [0.29, 0.717) is 0 Å². The van der Waals surface area contributed by atoms with Crippen molar-refractivity contribution < 1.29 is 0 Å². The molecule has 1 fully saturated rings. The van der Waals surface area contributed by atoms with E-state index in [0.717, 1.165) is 19.1 Å². The Hall–Kier alpha value is -0.830. The van der Waals surface area contributed by atoms with Crippen LogP contribution in [-0.4, -0.2) is 16.1 Å². The molecule has 1 aliphatic rings. The van der Waals surface area contributed by atoms with E-state index in [1.165, 1.54) is 25.0 Å². The van der Waals surface area contributed by atoms with Crippen LogP contribution in [0.2, 0.25) is 0 Å². The van der Waals surface area contributed by atoms with Crippen LogP contribution in [0, 0.1) is 0 Å². The van der Waals surface area contributed by atoms with Gasteiger partial charge in [0.15, 0.2) is 0 Å². The fraction of sp³-hybridized carbons (Fsp3) is 0.700. The van der Waals surface area contributed by atoms with Crippen molar-refractivity contribution in [3.8, 4) is 0 Å². The van der Waals surface area contributed by atoms with Crippen molar-refractivity contribution in [2.75, 3.05) is 6.54 Å². The first-order chi connectivity index (χ1) is 6.42. The standard InChI is InChI=1S/C10H17N3/c1-2-5-11-6-10-7-12-8-13(10)9-3-4-9/h7-9,11H,2-6H2,1H3. The van der Waals surface area contributed by atoms with Gasteiger partial charge < -0.3 is 9.88 Å². The van der Waals surface area contributed by atoms with E-state index < -0.39 is 0 Å². The minimum absolute atomic E-state index is 0.751. The van der Waals surface area contributed by atoms with Gasteiger partial charge in [-0.05, 0) is 25.8 Å². The van der Waals surface area contributed by atoms with E-state index in [1.54, 1.807) is 0 Å². The van der Waals surface area contributed by atoms with E-state index in [2.05, 4.69) is 21.8 Å². The summed E-state index contributed by atoms with van der Waals surface area (Å²) < 4.78 is 2.31. The third-order valence-electron chi connectivity index (χ3n) is 2.42. The maximum Gasteiger partial charge on any atom is 0.0951 e. The Labute approximate surface area is 79.2 Å². The summed E-state index contributed by atoms with van der Waals surface area (Å²) in [5, 5.41) is 3.40. The molecule has 1 N–H and O–H groups in total. The van der Waals surface area contributed by atoms with E-state index in [-0.39, 0.29) is 0 Å². The summed E-state index contributed by atoms with van der Waals surface area (Å²) in [4.78, 5) is 4.19. The van der Waals surface area contributed by atoms with Crippen molar-refractivity contribution in [1.29, 1.82) is 0 Å². The van der Waals surface area contributed by atoms with Gasteiger partial charge in [-0.15, -0.1) is 0 Å². The molecule has 0 amide bonds. The van der Waals surface area contributed by atoms with E-state index >= 15 is 0 Å². The van der Waals surface area contributed by atoms with Crippen LogP contribution >= 0.6 is 0 Å². The third-order valence-corrected chi connectivity index (χ3v) is 2.42. The lowest BCUT2D eigenvalue weighted by atomic mass is 10.4. The molecule has 0 radical (unpaired) electrons. The molecule has 0 atom stereocenters. The van der Waals surface area contributed by atoms with Crippen molar-refractivity contribution in [1.82, 2.24) is 14.9 Å². The summed E-state index contributed by atoms with van der Waals surface area (Å²) in [5.74, 6) is 0. The second-order valence-corrected chi connectivity index (χ2v) is 3.70. The number of nitrogens with one attached hydrogen (secondary N) is 1. The normalized spacial score (nSPS) is 16.4. The van der Waals surface area contributed by atoms with Crippen LogP contribution in [0.25, 0.3) is 0 Å². The number of aromatic nitrogens is 2. The highest BCUT2D eigenvalue weighted by atomic mass is 15.1. The topological polar surface area (TPSA) is 29.9 Å². The van der Waals surface area contributed by atoms with Gasteiger partial charge in [-0.3, -0.25) is 0 Å². The quantitative estimate of drug-likeness (QED) is 0.697. The molecule has 1 saturated carbocycles. The molecule has 13 heavy (non-hydrogen) atoms. The molecule has 3 heteroatoms. The second-order valence-electron chi connectivity index (χ2n) is 3.70. The second kappa shape index (κ2) is 3.92. The smallest absolute Gasteiger partial charge is 0.0951 e. The molecule has 1 aromatic heterocycles. The minimum atomic E-state index is 0.751. The molecule has 72 valence electrons. The maximum atomic E-state index is 4.19. The average Bonchev–Trinajstić information content (AvgIpc) is 2.88. The van der Waals surface area contributed by atoms with Gasteiger partial charge in [-0.25, -0.2) is 4.98 Å². The van der Waals surface area contributed by atoms with E-state index in [4.69, 9.17) is 0 Å². The predicted molar refractivity (Wildman–Crippen MR) is 52.5 cm³/mol. The Morgan fingerprint density at radius 3 is 3.15 bits per heavy atom. The predicted octanol–water partition coefficient (Wildman–Crippen LogP) is 1.72. The van der Waals surface area contributed by atoms with Crippen LogP contribution in [-0.2, 0) is 6.54 Å². The summed E-state index contributed by atoms with van der Waals surface area (Å²) in [6, 6.07) is 0.751. The third kappa shape index (κ3) is 2.10. The lowest BCUT2D eigenvalue weighted by Gasteiger charge is -2.06. The Morgan fingerprint density at radius 1 is 1.62 bits per heavy atom. The first-order valence-electron chi connectivity index (χ1n) is 5.13. The highest BCUT2D eigenvalue weighted by Gasteiger charge is 2.24. The Kier molecular flexibility index (Phi) is 2.64. The minimum Gasteiger partial charge on any atom is -0.330 e. The molecular formula is C10H17N3. The van der Waals surface area contributed by atoms with Gasteiger partial charge in [0.25, 0.3) is 0 Å². The van der Waals surface area contributed by atoms with Crippen molar-refractivity contribution in [2.24, 2.45) is 0 Å². The lowest BCUT2D eigenvalue weighted by molar-refractivity contribution is 0.615. The molecule has 0 saturated heterocycles. The number of hydrogen-bond donors (Lipinski definition) is 1. The van der Waals surface area contributed by atoms with Crippen molar-refractivity contribution in [2.45, 2.75) is 38.8 Å². The van der Waals surface area contributed by atoms with Gasteiger partial charge in [0.1, 0.15) is 0 Å². The molecule has 0 bridgehead atoms. The number of imidazole rings is 1. The molecule has 0 aromatic carbocycles. The summed E-state index contributed by atoms with van der Waals surface area (Å²) in [7, 11) is 0. The van der Waals surface area contributed by atoms with Crippen LogP contribution < -0.4 is 5.32 Å². The molecule has 0 spiro atoms. The summed E-state index contributed by atoms with van der Waals surface area (Å²) in [5.41, 5.74) is 1.33. The molecule has 0 aliphatic heterocycles. The molecule has 3 nitrogen and oxygen atoms in total. The number of hydrogen-bond acceptors (Lipinski definition) is 2. The maximum absolute atomic E-state index is 4.19. The number of nitrogens with zero attached hydrogens (tertiary/aromatic N) is 2. The highest BCUT2D eigenvalue weighted by molar-refractivity contribution is 5.03. The van der Waals surface area contributed by atoms with Gasteiger partial charge in [0.05, 0.1) is 12.0 Å². The van der Waals surface area contributed by atoms with E-state index in [9.17, 15) is 0 Å². The van der Waals surface area contributed by atoms with Crippen LogP contribution in [0.1, 0.15) is 37.9 Å². The monoisotopic (exact) mass is 179 g/mol. The van der Waals surface area contributed by atoms with Gasteiger partial charge in [0.2, 0.25) is 0 Å². The van der Waals surface area contributed by atoms with Crippen molar-refractivity contribution >= 4 is 0 Å². The fourth-order valence-corrected chi connectivity index (χ4v) is 1.54. The molecule has 2 rings (SSSR count). The first-order valence-corrected chi connectivity index (χ1v) is 5.13. The number of rotatable bonds is 5. The molecular weight excluding hydrogens is 162 g/mol. The van der Waals surface area contributed by atoms with Crippen LogP contribution in [0.3, 0.4) is 0 Å². The first kappa shape index (κ1) is 8.75. The Morgan fingerprint density at radius 2 is 2.46 bits per heavy atom. The molecule has 1 aromatic rings. The Bertz CT molecular complexity index is 263. The highest BCUT2D eigenvalue weighted by Crippen LogP contribution is 2.35. The fourth-order valence-electron chi connectivity index (χ4n) is 1.54. The summed E-state index contributed by atoms with van der Waals surface area (Å²) in [6.45, 7) is 4.24. The zero-order valence-electron chi connectivity index (χ0n) is 8.16. The zero-order valence-corrected chi connectivity index (χ0v) is 8.16. The zero-order chi connectivity index (χ0) is 9.10. The summed E-state index contributed by atoms with van der Waals surface area (Å²) in [6.07, 6.45) is 7.79. The van der Waals surface area contributed by atoms with Crippen LogP contribution in [0.5, 0.6) is 0 Å². The van der Waals surface area contributed by atoms with Gasteiger partial charge in [-0.2, -0.15) is 0 Å². The van der Waals surface area contributed by atoms with E-state index in [1.807, 2.05) is 12.5 Å². The van der Waals surface area contributed by atoms with Gasteiger partial charge in [-0.1, -0.05) is 6.92 Å². The van der Waals surface area contributed by atoms with Gasteiger partial charge >= 0.3 is 0 Å². The summed E-state index contributed by atoms with van der Waals surface area (Å²) >= 11 is 0. The molecule has 1 heterocycles.